The minimum Gasteiger partial charge on any atom is -0.382 e. The third kappa shape index (κ3) is 2.36. The van der Waals surface area contributed by atoms with Gasteiger partial charge in [0.25, 0.3) is 0 Å². The fraction of sp³-hybridized carbons (Fsp3) is 0.667. The summed E-state index contributed by atoms with van der Waals surface area (Å²) in [6, 6.07) is 5.47. The van der Waals surface area contributed by atoms with E-state index in [2.05, 4.69) is 12.2 Å². The Morgan fingerprint density at radius 2 is 1.71 bits per heavy atom. The second kappa shape index (κ2) is 4.87. The van der Waals surface area contributed by atoms with Crippen molar-refractivity contribution >= 4 is 17.3 Å². The highest BCUT2D eigenvalue weighted by Gasteiger charge is 2.53. The van der Waals surface area contributed by atoms with Crippen molar-refractivity contribution in [1.29, 1.82) is 0 Å². The molecule has 0 radical (unpaired) electrons. The molecular formula is C18H23ClFN. The van der Waals surface area contributed by atoms with Gasteiger partial charge in [-0.2, -0.15) is 0 Å². The first kappa shape index (κ1) is 13.9. The third-order valence-electron chi connectivity index (χ3n) is 6.31. The Kier molecular flexibility index (Phi) is 3.22. The minimum absolute atomic E-state index is 0.197. The SMILES string of the molecule is CC(Nc1ccc(Cl)c(F)c1)C12CC3CC(CC(C3)C1)C2. The van der Waals surface area contributed by atoms with E-state index in [1.807, 2.05) is 6.07 Å². The first-order valence-electron chi connectivity index (χ1n) is 8.26. The molecule has 1 N–H and O–H groups in total. The molecule has 21 heavy (non-hydrogen) atoms. The molecule has 0 aliphatic heterocycles. The highest BCUT2D eigenvalue weighted by atomic mass is 35.5. The van der Waals surface area contributed by atoms with Gasteiger partial charge in [-0.15, -0.1) is 0 Å². The average molecular weight is 308 g/mol. The highest BCUT2D eigenvalue weighted by molar-refractivity contribution is 6.30. The summed E-state index contributed by atoms with van der Waals surface area (Å²) < 4.78 is 13.6. The maximum absolute atomic E-state index is 13.6. The third-order valence-corrected chi connectivity index (χ3v) is 6.61. The predicted molar refractivity (Wildman–Crippen MR) is 85.1 cm³/mol. The number of hydrogen-bond donors (Lipinski definition) is 1. The molecule has 0 heterocycles. The van der Waals surface area contributed by atoms with Crippen LogP contribution in [0.5, 0.6) is 0 Å². The van der Waals surface area contributed by atoms with Crippen molar-refractivity contribution in [2.75, 3.05) is 5.32 Å². The van der Waals surface area contributed by atoms with E-state index in [-0.39, 0.29) is 10.8 Å². The van der Waals surface area contributed by atoms with Gasteiger partial charge >= 0.3 is 0 Å². The van der Waals surface area contributed by atoms with Gasteiger partial charge in [0.15, 0.2) is 0 Å². The normalized spacial score (nSPS) is 38.5. The Labute approximate surface area is 131 Å². The molecular weight excluding hydrogens is 285 g/mol. The van der Waals surface area contributed by atoms with Crippen LogP contribution in [0, 0.1) is 29.0 Å². The lowest BCUT2D eigenvalue weighted by molar-refractivity contribution is -0.0602. The van der Waals surface area contributed by atoms with E-state index in [0.717, 1.165) is 23.4 Å². The molecule has 3 heteroatoms. The summed E-state index contributed by atoms with van der Waals surface area (Å²) in [5, 5.41) is 3.77. The van der Waals surface area contributed by atoms with Gasteiger partial charge in [0.2, 0.25) is 0 Å². The molecule has 4 bridgehead atoms. The molecule has 1 aromatic carbocycles. The zero-order valence-electron chi connectivity index (χ0n) is 12.5. The number of benzene rings is 1. The average Bonchev–Trinajstić information content (AvgIpc) is 2.41. The number of nitrogens with one attached hydrogen (secondary N) is 1. The Bertz CT molecular complexity index is 521. The molecule has 1 aromatic rings. The van der Waals surface area contributed by atoms with Crippen LogP contribution < -0.4 is 5.32 Å². The molecule has 1 unspecified atom stereocenters. The first-order chi connectivity index (χ1) is 10.0. The van der Waals surface area contributed by atoms with Crippen LogP contribution in [0.15, 0.2) is 18.2 Å². The van der Waals surface area contributed by atoms with Crippen LogP contribution in [0.3, 0.4) is 0 Å². The molecule has 0 spiro atoms. The molecule has 4 aliphatic rings. The van der Waals surface area contributed by atoms with E-state index in [9.17, 15) is 4.39 Å². The smallest absolute Gasteiger partial charge is 0.143 e. The maximum atomic E-state index is 13.6. The Morgan fingerprint density at radius 3 is 2.24 bits per heavy atom. The molecule has 5 rings (SSSR count). The van der Waals surface area contributed by atoms with Gasteiger partial charge in [0, 0.05) is 11.7 Å². The monoisotopic (exact) mass is 307 g/mol. The summed E-state index contributed by atoms with van der Waals surface area (Å²) in [5.41, 5.74) is 1.30. The van der Waals surface area contributed by atoms with Crippen LogP contribution in [0.1, 0.15) is 45.4 Å². The second-order valence-electron chi connectivity index (χ2n) is 7.77. The van der Waals surface area contributed by atoms with Gasteiger partial charge in [-0.25, -0.2) is 4.39 Å². The van der Waals surface area contributed by atoms with Crippen molar-refractivity contribution in [3.05, 3.63) is 29.0 Å². The van der Waals surface area contributed by atoms with Crippen molar-refractivity contribution in [2.24, 2.45) is 23.2 Å². The van der Waals surface area contributed by atoms with Crippen molar-refractivity contribution in [3.8, 4) is 0 Å². The quantitative estimate of drug-likeness (QED) is 0.778. The fourth-order valence-corrected chi connectivity index (χ4v) is 5.81. The summed E-state index contributed by atoms with van der Waals surface area (Å²) in [5.74, 6) is 2.51. The van der Waals surface area contributed by atoms with Gasteiger partial charge in [0.1, 0.15) is 5.82 Å². The van der Waals surface area contributed by atoms with E-state index >= 15 is 0 Å². The van der Waals surface area contributed by atoms with Crippen molar-refractivity contribution in [2.45, 2.75) is 51.5 Å². The summed E-state index contributed by atoms with van der Waals surface area (Å²) >= 11 is 5.77. The number of halogens is 2. The van der Waals surface area contributed by atoms with E-state index in [1.54, 1.807) is 6.07 Å². The van der Waals surface area contributed by atoms with E-state index in [4.69, 9.17) is 11.6 Å². The van der Waals surface area contributed by atoms with Crippen LogP contribution in [-0.2, 0) is 0 Å². The Hall–Kier alpha value is -0.760. The predicted octanol–water partition coefficient (Wildman–Crippen LogP) is 5.50. The summed E-state index contributed by atoms with van der Waals surface area (Å²) in [4.78, 5) is 0. The van der Waals surface area contributed by atoms with Gasteiger partial charge in [-0.1, -0.05) is 11.6 Å². The zero-order chi connectivity index (χ0) is 14.6. The Morgan fingerprint density at radius 1 is 1.14 bits per heavy atom. The van der Waals surface area contributed by atoms with Crippen molar-refractivity contribution < 1.29 is 4.39 Å². The lowest BCUT2D eigenvalue weighted by atomic mass is 9.48. The standard InChI is InChI=1S/C18H23ClFN/c1-11(21-15-2-3-16(19)17(20)7-15)18-8-12-4-13(9-18)6-14(5-12)10-18/h2-3,7,11-14,21H,4-6,8-10H2,1H3. The number of rotatable bonds is 3. The molecule has 114 valence electrons. The largest absolute Gasteiger partial charge is 0.382 e. The molecule has 1 atom stereocenters. The van der Waals surface area contributed by atoms with Gasteiger partial charge in [-0.05, 0) is 86.8 Å². The van der Waals surface area contributed by atoms with Gasteiger partial charge in [-0.3, -0.25) is 0 Å². The summed E-state index contributed by atoms with van der Waals surface area (Å²) in [6.07, 6.45) is 8.47. The number of hydrogen-bond acceptors (Lipinski definition) is 1. The van der Waals surface area contributed by atoms with Gasteiger partial charge < -0.3 is 5.32 Å². The van der Waals surface area contributed by atoms with E-state index in [1.165, 1.54) is 44.6 Å². The fourth-order valence-electron chi connectivity index (χ4n) is 5.70. The highest BCUT2D eigenvalue weighted by Crippen LogP contribution is 2.61. The number of anilines is 1. The van der Waals surface area contributed by atoms with Crippen molar-refractivity contribution in [3.63, 3.8) is 0 Å². The van der Waals surface area contributed by atoms with Crippen LogP contribution in [0.4, 0.5) is 10.1 Å². The first-order valence-corrected chi connectivity index (χ1v) is 8.63. The van der Waals surface area contributed by atoms with Gasteiger partial charge in [0.05, 0.1) is 5.02 Å². The second-order valence-corrected chi connectivity index (χ2v) is 8.18. The zero-order valence-corrected chi connectivity index (χ0v) is 13.3. The van der Waals surface area contributed by atoms with E-state index < -0.39 is 0 Å². The van der Waals surface area contributed by atoms with E-state index in [0.29, 0.717) is 11.5 Å². The van der Waals surface area contributed by atoms with Crippen LogP contribution in [0.2, 0.25) is 5.02 Å². The Balaban J connectivity index is 1.54. The van der Waals surface area contributed by atoms with Crippen LogP contribution in [-0.4, -0.2) is 6.04 Å². The lowest BCUT2D eigenvalue weighted by Crippen LogP contribution is -2.52. The van der Waals surface area contributed by atoms with Crippen LogP contribution >= 0.6 is 11.6 Å². The lowest BCUT2D eigenvalue weighted by Gasteiger charge is -2.59. The molecule has 0 aromatic heterocycles. The molecule has 4 fully saturated rings. The maximum Gasteiger partial charge on any atom is 0.143 e. The van der Waals surface area contributed by atoms with Crippen molar-refractivity contribution in [1.82, 2.24) is 0 Å². The molecule has 4 saturated carbocycles. The summed E-state index contributed by atoms with van der Waals surface area (Å²) in [7, 11) is 0. The van der Waals surface area contributed by atoms with Crippen LogP contribution in [0.25, 0.3) is 0 Å². The topological polar surface area (TPSA) is 12.0 Å². The minimum atomic E-state index is -0.334. The molecule has 0 amide bonds. The summed E-state index contributed by atoms with van der Waals surface area (Å²) in [6.45, 7) is 2.29. The molecule has 4 aliphatic carbocycles. The molecule has 1 nitrogen and oxygen atoms in total. The molecule has 0 saturated heterocycles.